The Labute approximate surface area is 157 Å². The van der Waals surface area contributed by atoms with Crippen LogP contribution in [-0.2, 0) is 13.0 Å². The molecule has 0 aliphatic rings. The van der Waals surface area contributed by atoms with Crippen LogP contribution in [0.4, 0.5) is 0 Å². The number of benzene rings is 1. The maximum absolute atomic E-state index is 6.19. The van der Waals surface area contributed by atoms with Crippen LogP contribution in [-0.4, -0.2) is 34.3 Å². The first-order chi connectivity index (χ1) is 12.8. The van der Waals surface area contributed by atoms with Crippen LogP contribution in [0.25, 0.3) is 5.82 Å². The van der Waals surface area contributed by atoms with Gasteiger partial charge in [0.25, 0.3) is 0 Å². The number of rotatable bonds is 6. The lowest BCUT2D eigenvalue weighted by Gasteiger charge is -2.13. The minimum Gasteiger partial charge on any atom is -0.356 e. The lowest BCUT2D eigenvalue weighted by molar-refractivity contribution is 0.789. The maximum Gasteiger partial charge on any atom is 0.191 e. The predicted octanol–water partition coefficient (Wildman–Crippen LogP) is 2.83. The van der Waals surface area contributed by atoms with Gasteiger partial charge in [0, 0.05) is 43.8 Å². The van der Waals surface area contributed by atoms with E-state index in [-0.39, 0.29) is 0 Å². The van der Waals surface area contributed by atoms with Crippen LogP contribution in [0.3, 0.4) is 0 Å². The number of aliphatic imine (C=N–C) groups is 1. The predicted molar refractivity (Wildman–Crippen MR) is 105 cm³/mol. The fourth-order valence-corrected chi connectivity index (χ4v) is 2.75. The minimum absolute atomic E-state index is 0.641. The Morgan fingerprint density at radius 2 is 2.04 bits per heavy atom. The number of hydrogen-bond acceptors (Lipinski definition) is 3. The summed E-state index contributed by atoms with van der Waals surface area (Å²) in [5.41, 5.74) is 2.22. The van der Waals surface area contributed by atoms with Gasteiger partial charge in [-0.05, 0) is 41.8 Å². The van der Waals surface area contributed by atoms with E-state index < -0.39 is 0 Å². The zero-order chi connectivity index (χ0) is 18.2. The van der Waals surface area contributed by atoms with Crippen LogP contribution in [0.15, 0.2) is 66.0 Å². The molecule has 0 aliphatic carbocycles. The molecule has 3 rings (SSSR count). The summed E-state index contributed by atoms with van der Waals surface area (Å²) >= 11 is 6.19. The van der Waals surface area contributed by atoms with E-state index in [1.54, 1.807) is 24.1 Å². The van der Waals surface area contributed by atoms with Crippen LogP contribution >= 0.6 is 11.6 Å². The Kier molecular flexibility index (Phi) is 6.22. The first-order valence-electron chi connectivity index (χ1n) is 8.39. The largest absolute Gasteiger partial charge is 0.356 e. The molecule has 0 unspecified atom stereocenters. The van der Waals surface area contributed by atoms with E-state index in [1.807, 2.05) is 48.7 Å². The van der Waals surface area contributed by atoms with Gasteiger partial charge in [-0.2, -0.15) is 5.10 Å². The molecule has 0 spiro atoms. The van der Waals surface area contributed by atoms with Gasteiger partial charge < -0.3 is 10.6 Å². The van der Waals surface area contributed by atoms with Crippen molar-refractivity contribution in [2.45, 2.75) is 13.0 Å². The van der Waals surface area contributed by atoms with Crippen molar-refractivity contribution in [3.05, 3.63) is 77.2 Å². The Bertz CT molecular complexity index is 860. The van der Waals surface area contributed by atoms with E-state index in [0.29, 0.717) is 6.54 Å². The summed E-state index contributed by atoms with van der Waals surface area (Å²) < 4.78 is 1.74. The Hall–Kier alpha value is -2.86. The molecule has 0 fully saturated rings. The van der Waals surface area contributed by atoms with Gasteiger partial charge in [0.15, 0.2) is 11.8 Å². The highest BCUT2D eigenvalue weighted by atomic mass is 35.5. The second-order valence-corrected chi connectivity index (χ2v) is 6.07. The lowest BCUT2D eigenvalue weighted by Crippen LogP contribution is -2.37. The first-order valence-corrected chi connectivity index (χ1v) is 8.77. The van der Waals surface area contributed by atoms with Crippen molar-refractivity contribution >= 4 is 17.6 Å². The third-order valence-corrected chi connectivity index (χ3v) is 4.25. The molecule has 134 valence electrons. The van der Waals surface area contributed by atoms with Crippen molar-refractivity contribution in [2.24, 2.45) is 4.99 Å². The summed E-state index contributed by atoms with van der Waals surface area (Å²) in [6, 6.07) is 13.7. The number of guanidine groups is 1. The van der Waals surface area contributed by atoms with Gasteiger partial charge >= 0.3 is 0 Å². The third kappa shape index (κ3) is 4.83. The topological polar surface area (TPSA) is 67.1 Å². The van der Waals surface area contributed by atoms with Gasteiger partial charge in [0.1, 0.15) is 0 Å². The fourth-order valence-electron chi connectivity index (χ4n) is 2.52. The monoisotopic (exact) mass is 368 g/mol. The zero-order valence-electron chi connectivity index (χ0n) is 14.6. The molecule has 7 heteroatoms. The van der Waals surface area contributed by atoms with Crippen molar-refractivity contribution in [3.8, 4) is 5.82 Å². The molecule has 0 aliphatic heterocycles. The number of hydrogen-bond donors (Lipinski definition) is 2. The van der Waals surface area contributed by atoms with E-state index in [4.69, 9.17) is 11.6 Å². The SMILES string of the molecule is CN=C(NCCc1ccccc1Cl)NCc1ccnc(-n2cccn2)c1. The molecule has 2 N–H and O–H groups in total. The van der Waals surface area contributed by atoms with Crippen LogP contribution in [0.1, 0.15) is 11.1 Å². The molecular formula is C19H21ClN6. The second-order valence-electron chi connectivity index (χ2n) is 5.67. The van der Waals surface area contributed by atoms with E-state index in [1.165, 1.54) is 0 Å². The first kappa shape index (κ1) is 17.9. The third-order valence-electron chi connectivity index (χ3n) is 3.88. The molecule has 3 aromatic rings. The fraction of sp³-hybridized carbons (Fsp3) is 0.211. The Morgan fingerprint density at radius 3 is 2.81 bits per heavy atom. The average molecular weight is 369 g/mol. The average Bonchev–Trinajstić information content (AvgIpc) is 3.21. The van der Waals surface area contributed by atoms with Crippen molar-refractivity contribution in [3.63, 3.8) is 0 Å². The summed E-state index contributed by atoms with van der Waals surface area (Å²) in [7, 11) is 1.76. The van der Waals surface area contributed by atoms with Crippen molar-refractivity contribution in [1.29, 1.82) is 0 Å². The van der Waals surface area contributed by atoms with Gasteiger partial charge in [-0.25, -0.2) is 9.67 Å². The molecule has 0 radical (unpaired) electrons. The summed E-state index contributed by atoms with van der Waals surface area (Å²) in [5.74, 6) is 1.53. The quantitative estimate of drug-likeness (QED) is 0.518. The van der Waals surface area contributed by atoms with Crippen molar-refractivity contribution in [2.75, 3.05) is 13.6 Å². The van der Waals surface area contributed by atoms with Crippen LogP contribution < -0.4 is 10.6 Å². The van der Waals surface area contributed by atoms with Gasteiger partial charge in [0.2, 0.25) is 0 Å². The van der Waals surface area contributed by atoms with Crippen LogP contribution in [0.5, 0.6) is 0 Å². The molecule has 0 amide bonds. The van der Waals surface area contributed by atoms with E-state index in [9.17, 15) is 0 Å². The standard InChI is InChI=1S/C19H21ClN6/c1-21-19(23-11-8-16-5-2-3-6-17(16)20)24-14-15-7-10-22-18(13-15)26-12-4-9-25-26/h2-7,9-10,12-13H,8,11,14H2,1H3,(H2,21,23,24). The van der Waals surface area contributed by atoms with Crippen LogP contribution in [0.2, 0.25) is 5.02 Å². The molecule has 1 aromatic carbocycles. The second kappa shape index (κ2) is 9.01. The highest BCUT2D eigenvalue weighted by Crippen LogP contribution is 2.14. The van der Waals surface area contributed by atoms with Crippen LogP contribution in [0, 0.1) is 0 Å². The van der Waals surface area contributed by atoms with Gasteiger partial charge in [-0.1, -0.05) is 29.8 Å². The minimum atomic E-state index is 0.641. The van der Waals surface area contributed by atoms with E-state index >= 15 is 0 Å². The molecule has 0 bridgehead atoms. The number of nitrogens with zero attached hydrogens (tertiary/aromatic N) is 4. The number of nitrogens with one attached hydrogen (secondary N) is 2. The molecule has 6 nitrogen and oxygen atoms in total. The molecule has 2 heterocycles. The van der Waals surface area contributed by atoms with E-state index in [0.717, 1.165) is 40.9 Å². The van der Waals surface area contributed by atoms with Gasteiger partial charge in [-0.3, -0.25) is 4.99 Å². The summed E-state index contributed by atoms with van der Waals surface area (Å²) in [6.45, 7) is 1.39. The molecule has 0 saturated carbocycles. The smallest absolute Gasteiger partial charge is 0.191 e. The summed E-state index contributed by atoms with van der Waals surface area (Å²) in [5, 5.41) is 11.6. The molecule has 0 saturated heterocycles. The Morgan fingerprint density at radius 1 is 1.15 bits per heavy atom. The highest BCUT2D eigenvalue weighted by molar-refractivity contribution is 6.31. The summed E-state index contributed by atoms with van der Waals surface area (Å²) in [6.07, 6.45) is 6.22. The summed E-state index contributed by atoms with van der Waals surface area (Å²) in [4.78, 5) is 8.59. The zero-order valence-corrected chi connectivity index (χ0v) is 15.3. The normalized spacial score (nSPS) is 11.4. The van der Waals surface area contributed by atoms with Crippen molar-refractivity contribution in [1.82, 2.24) is 25.4 Å². The van der Waals surface area contributed by atoms with Crippen molar-refractivity contribution < 1.29 is 0 Å². The van der Waals surface area contributed by atoms with Gasteiger partial charge in [0.05, 0.1) is 0 Å². The molecule has 26 heavy (non-hydrogen) atoms. The molecule has 2 aromatic heterocycles. The maximum atomic E-state index is 6.19. The molecular weight excluding hydrogens is 348 g/mol. The highest BCUT2D eigenvalue weighted by Gasteiger charge is 2.03. The molecule has 0 atom stereocenters. The number of pyridine rings is 1. The number of aromatic nitrogens is 3. The van der Waals surface area contributed by atoms with E-state index in [2.05, 4.69) is 25.7 Å². The lowest BCUT2D eigenvalue weighted by atomic mass is 10.1. The van der Waals surface area contributed by atoms with Gasteiger partial charge in [-0.15, -0.1) is 0 Å². The Balaban J connectivity index is 1.51. The number of halogens is 1.